The molecule has 4 aliphatic carbocycles. The monoisotopic (exact) mass is 262 g/mol. The second-order valence-electron chi connectivity index (χ2n) is 8.17. The number of rotatable bonds is 2. The Morgan fingerprint density at radius 1 is 0.947 bits per heavy atom. The van der Waals surface area contributed by atoms with Crippen LogP contribution >= 0.6 is 0 Å². The Bertz CT molecular complexity index is 315. The van der Waals surface area contributed by atoms with Crippen molar-refractivity contribution in [2.24, 2.45) is 35.3 Å². The fourth-order valence-electron chi connectivity index (χ4n) is 6.40. The summed E-state index contributed by atoms with van der Waals surface area (Å²) < 4.78 is 0. The highest BCUT2D eigenvalue weighted by Gasteiger charge is 2.58. The van der Waals surface area contributed by atoms with E-state index >= 15 is 0 Å². The molecule has 0 unspecified atom stereocenters. The van der Waals surface area contributed by atoms with E-state index in [1.165, 1.54) is 51.6 Å². The highest BCUT2D eigenvalue weighted by Crippen LogP contribution is 2.60. The molecule has 2 heteroatoms. The Hall–Kier alpha value is -0.0800. The number of likely N-dealkylation sites (tertiary alicyclic amines) is 1. The summed E-state index contributed by atoms with van der Waals surface area (Å²) in [6, 6.07) is 0. The smallest absolute Gasteiger partial charge is 0.0388 e. The third-order valence-corrected chi connectivity index (χ3v) is 7.25. The topological polar surface area (TPSA) is 29.3 Å². The second kappa shape index (κ2) is 4.46. The van der Waals surface area contributed by atoms with Crippen LogP contribution in [0.5, 0.6) is 0 Å². The van der Waals surface area contributed by atoms with Gasteiger partial charge >= 0.3 is 0 Å². The quantitative estimate of drug-likeness (QED) is 0.829. The molecule has 0 radical (unpaired) electrons. The molecule has 0 spiro atoms. The molecule has 0 amide bonds. The zero-order valence-electron chi connectivity index (χ0n) is 12.5. The first-order valence-corrected chi connectivity index (χ1v) is 8.67. The molecule has 5 rings (SSSR count). The number of nitrogens with zero attached hydrogens (tertiary/aromatic N) is 1. The van der Waals surface area contributed by atoms with E-state index in [0.717, 1.165) is 36.1 Å². The van der Waals surface area contributed by atoms with Crippen LogP contribution in [0, 0.1) is 29.6 Å². The molecule has 19 heavy (non-hydrogen) atoms. The predicted molar refractivity (Wildman–Crippen MR) is 78.8 cm³/mol. The molecule has 108 valence electrons. The average molecular weight is 262 g/mol. The molecule has 2 N–H and O–H groups in total. The van der Waals surface area contributed by atoms with Gasteiger partial charge in [-0.1, -0.05) is 6.92 Å². The Kier molecular flexibility index (Phi) is 2.97. The summed E-state index contributed by atoms with van der Waals surface area (Å²) >= 11 is 0. The van der Waals surface area contributed by atoms with E-state index in [1.807, 2.05) is 0 Å². The molecule has 1 aliphatic heterocycles. The van der Waals surface area contributed by atoms with E-state index in [4.69, 9.17) is 5.73 Å². The van der Waals surface area contributed by atoms with Crippen LogP contribution in [0.1, 0.15) is 51.9 Å². The first-order chi connectivity index (χ1) is 9.22. The van der Waals surface area contributed by atoms with Gasteiger partial charge in [0.1, 0.15) is 0 Å². The molecule has 1 heterocycles. The van der Waals surface area contributed by atoms with Crippen molar-refractivity contribution < 1.29 is 0 Å². The molecule has 0 atom stereocenters. The van der Waals surface area contributed by atoms with Crippen LogP contribution in [0.4, 0.5) is 0 Å². The maximum atomic E-state index is 6.41. The Balaban J connectivity index is 1.62. The van der Waals surface area contributed by atoms with E-state index in [2.05, 4.69) is 11.8 Å². The molecule has 2 nitrogen and oxygen atoms in total. The molecule has 0 aromatic carbocycles. The number of nitrogens with two attached hydrogens (primary N) is 1. The lowest BCUT2D eigenvalue weighted by Crippen LogP contribution is -2.70. The minimum atomic E-state index is 0.410. The van der Waals surface area contributed by atoms with Crippen LogP contribution in [0.2, 0.25) is 0 Å². The van der Waals surface area contributed by atoms with E-state index in [9.17, 15) is 0 Å². The first-order valence-electron chi connectivity index (χ1n) is 8.67. The Morgan fingerprint density at radius 2 is 1.47 bits per heavy atom. The van der Waals surface area contributed by atoms with Gasteiger partial charge in [0.05, 0.1) is 0 Å². The van der Waals surface area contributed by atoms with Crippen molar-refractivity contribution in [1.29, 1.82) is 0 Å². The van der Waals surface area contributed by atoms with E-state index < -0.39 is 0 Å². The second-order valence-corrected chi connectivity index (χ2v) is 8.17. The molecule has 0 aromatic heterocycles. The van der Waals surface area contributed by atoms with E-state index in [0.29, 0.717) is 5.54 Å². The number of piperidine rings is 1. The standard InChI is InChI=1S/C17H30N2/c1-12-2-4-19(5-3-12)17(11-18)15-7-13-6-14(9-15)10-16(17)8-13/h12-16H,2-11,18H2,1H3. The van der Waals surface area contributed by atoms with Crippen molar-refractivity contribution in [1.82, 2.24) is 4.90 Å². The van der Waals surface area contributed by atoms with Crippen LogP contribution in [-0.4, -0.2) is 30.1 Å². The largest absolute Gasteiger partial charge is 0.329 e. The lowest BCUT2D eigenvalue weighted by atomic mass is 9.48. The molecular weight excluding hydrogens is 232 g/mol. The van der Waals surface area contributed by atoms with Crippen LogP contribution < -0.4 is 5.73 Å². The van der Waals surface area contributed by atoms with Gasteiger partial charge in [0, 0.05) is 12.1 Å². The SMILES string of the molecule is CC1CCN(C2(CN)C3CC4CC(C3)CC2C4)CC1. The van der Waals surface area contributed by atoms with Gasteiger partial charge in [-0.15, -0.1) is 0 Å². The Morgan fingerprint density at radius 3 is 1.95 bits per heavy atom. The first kappa shape index (κ1) is 12.6. The zero-order valence-corrected chi connectivity index (χ0v) is 12.5. The van der Waals surface area contributed by atoms with Gasteiger partial charge in [0.25, 0.3) is 0 Å². The van der Waals surface area contributed by atoms with Crippen LogP contribution in [0.25, 0.3) is 0 Å². The van der Waals surface area contributed by atoms with E-state index in [1.54, 1.807) is 6.42 Å². The van der Waals surface area contributed by atoms with E-state index in [-0.39, 0.29) is 0 Å². The zero-order chi connectivity index (χ0) is 13.0. The summed E-state index contributed by atoms with van der Waals surface area (Å²) in [6.07, 6.45) is 10.3. The average Bonchev–Trinajstić information content (AvgIpc) is 2.40. The fraction of sp³-hybridized carbons (Fsp3) is 1.00. The van der Waals surface area contributed by atoms with Crippen molar-refractivity contribution in [3.63, 3.8) is 0 Å². The summed E-state index contributed by atoms with van der Waals surface area (Å²) in [5.41, 5.74) is 6.82. The molecular formula is C17H30N2. The summed E-state index contributed by atoms with van der Waals surface area (Å²) in [5.74, 6) is 4.92. The molecule has 0 aromatic rings. The van der Waals surface area contributed by atoms with Gasteiger partial charge < -0.3 is 5.73 Å². The van der Waals surface area contributed by atoms with Gasteiger partial charge in [-0.25, -0.2) is 0 Å². The summed E-state index contributed by atoms with van der Waals surface area (Å²) in [5, 5.41) is 0. The maximum Gasteiger partial charge on any atom is 0.0388 e. The minimum Gasteiger partial charge on any atom is -0.329 e. The summed E-state index contributed by atoms with van der Waals surface area (Å²) in [7, 11) is 0. The van der Waals surface area contributed by atoms with Crippen molar-refractivity contribution in [3.05, 3.63) is 0 Å². The van der Waals surface area contributed by atoms with Crippen molar-refractivity contribution in [2.75, 3.05) is 19.6 Å². The molecule has 5 aliphatic rings. The van der Waals surface area contributed by atoms with Gasteiger partial charge in [-0.2, -0.15) is 0 Å². The van der Waals surface area contributed by atoms with Gasteiger partial charge in [-0.05, 0) is 87.6 Å². The number of hydrogen-bond acceptors (Lipinski definition) is 2. The van der Waals surface area contributed by atoms with Crippen LogP contribution in [-0.2, 0) is 0 Å². The normalized spacial score (nSPS) is 50.8. The highest BCUT2D eigenvalue weighted by atomic mass is 15.2. The molecule has 1 saturated heterocycles. The third kappa shape index (κ3) is 1.75. The molecule has 4 bridgehead atoms. The lowest BCUT2D eigenvalue weighted by Gasteiger charge is -2.65. The van der Waals surface area contributed by atoms with Gasteiger partial charge in [0.2, 0.25) is 0 Å². The minimum absolute atomic E-state index is 0.410. The summed E-state index contributed by atoms with van der Waals surface area (Å²) in [6.45, 7) is 5.99. The molecule has 5 fully saturated rings. The van der Waals surface area contributed by atoms with Crippen molar-refractivity contribution in [2.45, 2.75) is 57.4 Å². The molecule has 4 saturated carbocycles. The highest BCUT2D eigenvalue weighted by molar-refractivity contribution is 5.13. The summed E-state index contributed by atoms with van der Waals surface area (Å²) in [4.78, 5) is 2.86. The van der Waals surface area contributed by atoms with Gasteiger partial charge in [0.15, 0.2) is 0 Å². The maximum absolute atomic E-state index is 6.41. The van der Waals surface area contributed by atoms with Crippen LogP contribution in [0.15, 0.2) is 0 Å². The Labute approximate surface area is 118 Å². The third-order valence-electron chi connectivity index (χ3n) is 7.25. The van der Waals surface area contributed by atoms with Gasteiger partial charge in [-0.3, -0.25) is 4.90 Å². The van der Waals surface area contributed by atoms with Crippen molar-refractivity contribution >= 4 is 0 Å². The van der Waals surface area contributed by atoms with Crippen molar-refractivity contribution in [3.8, 4) is 0 Å². The van der Waals surface area contributed by atoms with Crippen LogP contribution in [0.3, 0.4) is 0 Å². The lowest BCUT2D eigenvalue weighted by molar-refractivity contribution is -0.138. The fourth-order valence-corrected chi connectivity index (χ4v) is 6.40. The predicted octanol–water partition coefficient (Wildman–Crippen LogP) is 2.87. The number of hydrogen-bond donors (Lipinski definition) is 1.